The Morgan fingerprint density at radius 3 is 2.38 bits per heavy atom. The lowest BCUT2D eigenvalue weighted by atomic mass is 10.2. The molecule has 0 spiro atoms. The van der Waals surface area contributed by atoms with Crippen molar-refractivity contribution in [3.63, 3.8) is 0 Å². The second kappa shape index (κ2) is 6.37. The van der Waals surface area contributed by atoms with E-state index in [9.17, 15) is 0 Å². The average Bonchev–Trinajstić information content (AvgIpc) is 3.04. The second-order valence-corrected chi connectivity index (χ2v) is 5.14. The van der Waals surface area contributed by atoms with Crippen LogP contribution in [0.5, 0.6) is 0 Å². The van der Waals surface area contributed by atoms with Crippen LogP contribution in [-0.2, 0) is 6.54 Å². The first-order valence-corrected chi connectivity index (χ1v) is 7.20. The molecule has 0 bridgehead atoms. The molecule has 2 aromatic carbocycles. The van der Waals surface area contributed by atoms with Gasteiger partial charge in [-0.15, -0.1) is 0 Å². The predicted molar refractivity (Wildman–Crippen MR) is 85.7 cm³/mol. The molecule has 3 aromatic rings. The fourth-order valence-corrected chi connectivity index (χ4v) is 2.28. The Balaban J connectivity index is 1.66. The molecule has 0 radical (unpaired) electrons. The van der Waals surface area contributed by atoms with Gasteiger partial charge in [0.25, 0.3) is 0 Å². The molecular weight excluding hydrogens is 258 g/mol. The van der Waals surface area contributed by atoms with Gasteiger partial charge in [-0.25, -0.2) is 4.98 Å². The van der Waals surface area contributed by atoms with Crippen LogP contribution in [0.4, 0.5) is 0 Å². The predicted octanol–water partition coefficient (Wildman–Crippen LogP) is 3.93. The molecule has 1 aromatic heterocycles. The van der Waals surface area contributed by atoms with Crippen LogP contribution in [0.2, 0.25) is 0 Å². The molecule has 1 unspecified atom stereocenters. The van der Waals surface area contributed by atoms with Gasteiger partial charge in [0.05, 0.1) is 17.9 Å². The Kier molecular flexibility index (Phi) is 4.12. The first-order valence-electron chi connectivity index (χ1n) is 7.20. The van der Waals surface area contributed by atoms with Gasteiger partial charge < -0.3 is 10.3 Å². The van der Waals surface area contributed by atoms with Crippen molar-refractivity contribution in [1.82, 2.24) is 15.3 Å². The minimum absolute atomic E-state index is 0.183. The number of hydrogen-bond donors (Lipinski definition) is 2. The highest BCUT2D eigenvalue weighted by Gasteiger charge is 2.09. The minimum atomic E-state index is 0.183. The summed E-state index contributed by atoms with van der Waals surface area (Å²) in [4.78, 5) is 7.88. The number of hydrogen-bond acceptors (Lipinski definition) is 2. The van der Waals surface area contributed by atoms with Gasteiger partial charge in [0.15, 0.2) is 0 Å². The third kappa shape index (κ3) is 3.38. The van der Waals surface area contributed by atoms with Gasteiger partial charge in [-0.3, -0.25) is 0 Å². The van der Waals surface area contributed by atoms with Gasteiger partial charge in [0.1, 0.15) is 5.82 Å². The van der Waals surface area contributed by atoms with Crippen molar-refractivity contribution in [2.24, 2.45) is 0 Å². The van der Waals surface area contributed by atoms with Crippen LogP contribution in [0.15, 0.2) is 66.9 Å². The highest BCUT2D eigenvalue weighted by atomic mass is 15.0. The van der Waals surface area contributed by atoms with E-state index in [2.05, 4.69) is 58.6 Å². The van der Waals surface area contributed by atoms with Crippen LogP contribution in [0.1, 0.15) is 24.4 Å². The largest absolute Gasteiger partial charge is 0.341 e. The zero-order valence-corrected chi connectivity index (χ0v) is 12.1. The number of rotatable bonds is 5. The average molecular weight is 277 g/mol. The Labute approximate surface area is 125 Å². The van der Waals surface area contributed by atoms with E-state index in [-0.39, 0.29) is 6.04 Å². The smallest absolute Gasteiger partial charge is 0.123 e. The number of imidazole rings is 1. The second-order valence-electron chi connectivity index (χ2n) is 5.14. The molecule has 3 nitrogen and oxygen atoms in total. The fraction of sp³-hybridized carbons (Fsp3) is 0.167. The topological polar surface area (TPSA) is 40.7 Å². The molecule has 0 saturated heterocycles. The van der Waals surface area contributed by atoms with Crippen LogP contribution in [0.25, 0.3) is 11.3 Å². The first-order chi connectivity index (χ1) is 10.3. The summed E-state index contributed by atoms with van der Waals surface area (Å²) in [6.45, 7) is 2.96. The molecule has 1 heterocycles. The first kappa shape index (κ1) is 13.6. The van der Waals surface area contributed by atoms with E-state index in [0.29, 0.717) is 0 Å². The van der Waals surface area contributed by atoms with Gasteiger partial charge in [0.2, 0.25) is 0 Å². The van der Waals surface area contributed by atoms with Gasteiger partial charge >= 0.3 is 0 Å². The molecule has 21 heavy (non-hydrogen) atoms. The number of nitrogens with zero attached hydrogens (tertiary/aromatic N) is 1. The Morgan fingerprint density at radius 2 is 1.67 bits per heavy atom. The van der Waals surface area contributed by atoms with Crippen molar-refractivity contribution in [1.29, 1.82) is 0 Å². The number of aromatic amines is 1. The van der Waals surface area contributed by atoms with E-state index in [1.165, 1.54) is 5.56 Å². The van der Waals surface area contributed by atoms with E-state index >= 15 is 0 Å². The maximum atomic E-state index is 4.49. The molecule has 0 aliphatic rings. The molecule has 106 valence electrons. The van der Waals surface area contributed by atoms with Crippen molar-refractivity contribution < 1.29 is 0 Å². The minimum Gasteiger partial charge on any atom is -0.341 e. The lowest BCUT2D eigenvalue weighted by Gasteiger charge is -2.11. The summed E-state index contributed by atoms with van der Waals surface area (Å²) in [5.74, 6) is 0.963. The summed E-state index contributed by atoms with van der Waals surface area (Å²) in [5, 5.41) is 3.49. The van der Waals surface area contributed by atoms with Crippen molar-refractivity contribution in [2.75, 3.05) is 0 Å². The van der Waals surface area contributed by atoms with Gasteiger partial charge in [0, 0.05) is 6.54 Å². The molecule has 1 atom stereocenters. The summed E-state index contributed by atoms with van der Waals surface area (Å²) in [5.41, 5.74) is 3.49. The highest BCUT2D eigenvalue weighted by Crippen LogP contribution is 2.18. The summed E-state index contributed by atoms with van der Waals surface area (Å²) in [6.07, 6.45) is 1.89. The standard InChI is InChI=1S/C18H19N3/c1-14(19-12-15-8-4-2-5-9-15)18-20-13-17(21-18)16-10-6-3-7-11-16/h2-11,13-14,19H,12H2,1H3,(H,20,21). The van der Waals surface area contributed by atoms with Crippen LogP contribution >= 0.6 is 0 Å². The maximum absolute atomic E-state index is 4.49. The van der Waals surface area contributed by atoms with Crippen LogP contribution < -0.4 is 5.32 Å². The maximum Gasteiger partial charge on any atom is 0.123 e. The molecule has 3 rings (SSSR count). The van der Waals surface area contributed by atoms with Gasteiger partial charge in [-0.05, 0) is 18.1 Å². The zero-order chi connectivity index (χ0) is 14.5. The third-order valence-corrected chi connectivity index (χ3v) is 3.55. The van der Waals surface area contributed by atoms with Gasteiger partial charge in [-0.2, -0.15) is 0 Å². The summed E-state index contributed by atoms with van der Waals surface area (Å²) < 4.78 is 0. The fourth-order valence-electron chi connectivity index (χ4n) is 2.28. The zero-order valence-electron chi connectivity index (χ0n) is 12.1. The normalized spacial score (nSPS) is 12.2. The van der Waals surface area contributed by atoms with Crippen molar-refractivity contribution in [3.8, 4) is 11.3 Å². The van der Waals surface area contributed by atoms with Crippen LogP contribution in [0, 0.1) is 0 Å². The van der Waals surface area contributed by atoms with Crippen LogP contribution in [0.3, 0.4) is 0 Å². The van der Waals surface area contributed by atoms with E-state index < -0.39 is 0 Å². The van der Waals surface area contributed by atoms with Crippen LogP contribution in [-0.4, -0.2) is 9.97 Å². The molecule has 0 amide bonds. The van der Waals surface area contributed by atoms with E-state index in [0.717, 1.165) is 23.6 Å². The number of H-pyrrole nitrogens is 1. The number of aromatic nitrogens is 2. The molecular formula is C18H19N3. The van der Waals surface area contributed by atoms with Crippen molar-refractivity contribution in [3.05, 3.63) is 78.2 Å². The van der Waals surface area contributed by atoms with E-state index in [1.807, 2.05) is 30.5 Å². The molecule has 3 heteroatoms. The monoisotopic (exact) mass is 277 g/mol. The number of benzene rings is 2. The lowest BCUT2D eigenvalue weighted by Crippen LogP contribution is -2.19. The molecule has 0 fully saturated rings. The van der Waals surface area contributed by atoms with E-state index in [1.54, 1.807) is 0 Å². The van der Waals surface area contributed by atoms with E-state index in [4.69, 9.17) is 0 Å². The quantitative estimate of drug-likeness (QED) is 0.742. The lowest BCUT2D eigenvalue weighted by molar-refractivity contribution is 0.551. The molecule has 0 aliphatic carbocycles. The van der Waals surface area contributed by atoms with Crippen molar-refractivity contribution in [2.45, 2.75) is 19.5 Å². The number of nitrogens with one attached hydrogen (secondary N) is 2. The third-order valence-electron chi connectivity index (χ3n) is 3.55. The summed E-state index contributed by atoms with van der Waals surface area (Å²) >= 11 is 0. The summed E-state index contributed by atoms with van der Waals surface area (Å²) in [6, 6.07) is 20.8. The Hall–Kier alpha value is -2.39. The Morgan fingerprint density at radius 1 is 1.00 bits per heavy atom. The SMILES string of the molecule is CC(NCc1ccccc1)c1ncc(-c2ccccc2)[nH]1. The Bertz CT molecular complexity index is 674. The molecule has 2 N–H and O–H groups in total. The van der Waals surface area contributed by atoms with Crippen molar-refractivity contribution >= 4 is 0 Å². The summed E-state index contributed by atoms with van der Waals surface area (Å²) in [7, 11) is 0. The highest BCUT2D eigenvalue weighted by molar-refractivity contribution is 5.58. The molecule has 0 aliphatic heterocycles. The molecule has 0 saturated carbocycles. The van der Waals surface area contributed by atoms with Gasteiger partial charge in [-0.1, -0.05) is 60.7 Å².